The minimum Gasteiger partial charge on any atom is -0.313 e. The standard InChI is InChI=1S/C17H36N2/c1-7-15(6)19-11-16(14(4)5)10-17(12-19)18-9-8-13(2)3/h13-18H,7-12H2,1-6H3. The number of likely N-dealkylation sites (tertiary alicyclic amines) is 1. The second kappa shape index (κ2) is 8.26. The van der Waals surface area contributed by atoms with Crippen LogP contribution >= 0.6 is 0 Å². The van der Waals surface area contributed by atoms with Crippen molar-refractivity contribution in [2.24, 2.45) is 17.8 Å². The molecule has 0 aromatic heterocycles. The van der Waals surface area contributed by atoms with Gasteiger partial charge in [-0.05, 0) is 50.5 Å². The van der Waals surface area contributed by atoms with Crippen LogP contribution in [0.1, 0.15) is 60.8 Å². The molecule has 3 unspecified atom stereocenters. The normalized spacial score (nSPS) is 27.2. The minimum atomic E-state index is 0.703. The highest BCUT2D eigenvalue weighted by Crippen LogP contribution is 2.25. The molecule has 1 aliphatic heterocycles. The molecule has 0 aromatic carbocycles. The van der Waals surface area contributed by atoms with Gasteiger partial charge in [-0.2, -0.15) is 0 Å². The molecule has 1 saturated heterocycles. The summed E-state index contributed by atoms with van der Waals surface area (Å²) in [6, 6.07) is 1.44. The zero-order valence-corrected chi connectivity index (χ0v) is 14.1. The molecule has 1 rings (SSSR count). The summed E-state index contributed by atoms with van der Waals surface area (Å²) in [6.07, 6.45) is 3.93. The van der Waals surface area contributed by atoms with E-state index in [0.29, 0.717) is 6.04 Å². The smallest absolute Gasteiger partial charge is 0.0198 e. The summed E-state index contributed by atoms with van der Waals surface area (Å²) in [6.45, 7) is 17.8. The molecule has 1 aliphatic rings. The second-order valence-corrected chi connectivity index (χ2v) is 7.28. The highest BCUT2D eigenvalue weighted by molar-refractivity contribution is 4.86. The summed E-state index contributed by atoms with van der Waals surface area (Å²) in [5.41, 5.74) is 0. The summed E-state index contributed by atoms with van der Waals surface area (Å²) < 4.78 is 0. The number of rotatable bonds is 7. The Morgan fingerprint density at radius 1 is 1.11 bits per heavy atom. The van der Waals surface area contributed by atoms with Gasteiger partial charge in [-0.25, -0.2) is 0 Å². The lowest BCUT2D eigenvalue weighted by Gasteiger charge is -2.42. The van der Waals surface area contributed by atoms with Crippen LogP contribution in [0.3, 0.4) is 0 Å². The van der Waals surface area contributed by atoms with E-state index in [1.807, 2.05) is 0 Å². The molecule has 114 valence electrons. The first-order valence-corrected chi connectivity index (χ1v) is 8.41. The molecular formula is C17H36N2. The fourth-order valence-electron chi connectivity index (χ4n) is 3.00. The zero-order chi connectivity index (χ0) is 14.4. The van der Waals surface area contributed by atoms with E-state index in [1.54, 1.807) is 0 Å². The Labute approximate surface area is 121 Å². The fraction of sp³-hybridized carbons (Fsp3) is 1.00. The van der Waals surface area contributed by atoms with E-state index >= 15 is 0 Å². The molecule has 0 aromatic rings. The molecule has 0 spiro atoms. The van der Waals surface area contributed by atoms with Gasteiger partial charge in [0, 0.05) is 25.2 Å². The molecule has 2 heteroatoms. The summed E-state index contributed by atoms with van der Waals surface area (Å²) >= 11 is 0. The monoisotopic (exact) mass is 268 g/mol. The Hall–Kier alpha value is -0.0800. The Kier molecular flexibility index (Phi) is 7.38. The first-order chi connectivity index (χ1) is 8.93. The summed E-state index contributed by atoms with van der Waals surface area (Å²) in [5.74, 6) is 2.48. The van der Waals surface area contributed by atoms with E-state index < -0.39 is 0 Å². The van der Waals surface area contributed by atoms with E-state index in [1.165, 1.54) is 38.9 Å². The lowest BCUT2D eigenvalue weighted by Crippen LogP contribution is -2.53. The number of hydrogen-bond donors (Lipinski definition) is 1. The van der Waals surface area contributed by atoms with Crippen molar-refractivity contribution >= 4 is 0 Å². The fourth-order valence-corrected chi connectivity index (χ4v) is 3.00. The van der Waals surface area contributed by atoms with Crippen molar-refractivity contribution < 1.29 is 0 Å². The summed E-state index contributed by atoms with van der Waals surface area (Å²) in [7, 11) is 0. The van der Waals surface area contributed by atoms with Gasteiger partial charge in [-0.1, -0.05) is 34.6 Å². The van der Waals surface area contributed by atoms with Gasteiger partial charge in [-0.15, -0.1) is 0 Å². The van der Waals surface area contributed by atoms with Gasteiger partial charge in [0.1, 0.15) is 0 Å². The number of nitrogens with one attached hydrogen (secondary N) is 1. The van der Waals surface area contributed by atoms with E-state index in [9.17, 15) is 0 Å². The lowest BCUT2D eigenvalue weighted by atomic mass is 9.84. The maximum atomic E-state index is 3.81. The van der Waals surface area contributed by atoms with Crippen LogP contribution in [-0.2, 0) is 0 Å². The quantitative estimate of drug-likeness (QED) is 0.756. The van der Waals surface area contributed by atoms with Crippen molar-refractivity contribution in [1.29, 1.82) is 0 Å². The molecule has 0 amide bonds. The zero-order valence-electron chi connectivity index (χ0n) is 14.1. The van der Waals surface area contributed by atoms with Gasteiger partial charge in [0.15, 0.2) is 0 Å². The van der Waals surface area contributed by atoms with E-state index in [0.717, 1.165) is 23.8 Å². The van der Waals surface area contributed by atoms with Gasteiger partial charge in [0.2, 0.25) is 0 Å². The predicted molar refractivity (Wildman–Crippen MR) is 85.5 cm³/mol. The second-order valence-electron chi connectivity index (χ2n) is 7.28. The summed E-state index contributed by atoms with van der Waals surface area (Å²) in [4.78, 5) is 2.71. The van der Waals surface area contributed by atoms with Crippen LogP contribution in [0.15, 0.2) is 0 Å². The van der Waals surface area contributed by atoms with Crippen LogP contribution in [0.25, 0.3) is 0 Å². The molecule has 1 heterocycles. The maximum Gasteiger partial charge on any atom is 0.0198 e. The Morgan fingerprint density at radius 3 is 2.32 bits per heavy atom. The molecule has 3 atom stereocenters. The van der Waals surface area contributed by atoms with Crippen LogP contribution in [0, 0.1) is 17.8 Å². The molecule has 19 heavy (non-hydrogen) atoms. The van der Waals surface area contributed by atoms with Crippen molar-refractivity contribution in [2.45, 2.75) is 72.9 Å². The van der Waals surface area contributed by atoms with Crippen LogP contribution in [-0.4, -0.2) is 36.6 Å². The van der Waals surface area contributed by atoms with E-state index in [-0.39, 0.29) is 0 Å². The largest absolute Gasteiger partial charge is 0.313 e. The predicted octanol–water partition coefficient (Wildman–Crippen LogP) is 3.77. The van der Waals surface area contributed by atoms with Crippen molar-refractivity contribution in [3.05, 3.63) is 0 Å². The molecule has 1 fully saturated rings. The van der Waals surface area contributed by atoms with Crippen molar-refractivity contribution in [3.8, 4) is 0 Å². The average Bonchev–Trinajstić information content (AvgIpc) is 2.37. The van der Waals surface area contributed by atoms with Crippen molar-refractivity contribution in [3.63, 3.8) is 0 Å². The molecule has 0 bridgehead atoms. The van der Waals surface area contributed by atoms with Crippen molar-refractivity contribution in [2.75, 3.05) is 19.6 Å². The van der Waals surface area contributed by atoms with Gasteiger partial charge in [-0.3, -0.25) is 4.90 Å². The van der Waals surface area contributed by atoms with Gasteiger partial charge < -0.3 is 5.32 Å². The molecular weight excluding hydrogens is 232 g/mol. The molecule has 0 aliphatic carbocycles. The highest BCUT2D eigenvalue weighted by atomic mass is 15.2. The highest BCUT2D eigenvalue weighted by Gasteiger charge is 2.30. The Balaban J connectivity index is 2.50. The van der Waals surface area contributed by atoms with Gasteiger partial charge in [0.25, 0.3) is 0 Å². The van der Waals surface area contributed by atoms with Crippen LogP contribution < -0.4 is 5.32 Å². The third-order valence-corrected chi connectivity index (χ3v) is 4.82. The van der Waals surface area contributed by atoms with E-state index in [2.05, 4.69) is 51.8 Å². The van der Waals surface area contributed by atoms with Gasteiger partial charge >= 0.3 is 0 Å². The molecule has 0 saturated carbocycles. The molecule has 1 N–H and O–H groups in total. The third-order valence-electron chi connectivity index (χ3n) is 4.82. The molecule has 2 nitrogen and oxygen atoms in total. The first kappa shape index (κ1) is 17.0. The van der Waals surface area contributed by atoms with Crippen LogP contribution in [0.2, 0.25) is 0 Å². The molecule has 0 radical (unpaired) electrons. The number of hydrogen-bond acceptors (Lipinski definition) is 2. The van der Waals surface area contributed by atoms with Gasteiger partial charge in [0.05, 0.1) is 0 Å². The Bertz CT molecular complexity index is 237. The summed E-state index contributed by atoms with van der Waals surface area (Å²) in [5, 5.41) is 3.81. The number of nitrogens with zero attached hydrogens (tertiary/aromatic N) is 1. The van der Waals surface area contributed by atoms with E-state index in [4.69, 9.17) is 0 Å². The minimum absolute atomic E-state index is 0.703. The Morgan fingerprint density at radius 2 is 1.79 bits per heavy atom. The topological polar surface area (TPSA) is 15.3 Å². The average molecular weight is 268 g/mol. The van der Waals surface area contributed by atoms with Crippen LogP contribution in [0.5, 0.6) is 0 Å². The van der Waals surface area contributed by atoms with Crippen LogP contribution in [0.4, 0.5) is 0 Å². The SMILES string of the molecule is CCC(C)N1CC(NCCC(C)C)CC(C(C)C)C1. The third kappa shape index (κ3) is 5.83. The number of piperidine rings is 1. The van der Waals surface area contributed by atoms with Crippen molar-refractivity contribution in [1.82, 2.24) is 10.2 Å². The first-order valence-electron chi connectivity index (χ1n) is 8.41. The lowest BCUT2D eigenvalue weighted by molar-refractivity contribution is 0.0825. The maximum absolute atomic E-state index is 3.81.